The molecule has 0 aliphatic carbocycles. The predicted octanol–water partition coefficient (Wildman–Crippen LogP) is 1.13. The zero-order valence-corrected chi connectivity index (χ0v) is 9.72. The molecule has 0 radical (unpaired) electrons. The maximum atomic E-state index is 11.6. The van der Waals surface area contributed by atoms with E-state index >= 15 is 0 Å². The minimum Gasteiger partial charge on any atom is -0.350 e. The molecule has 0 aliphatic heterocycles. The second-order valence-corrected chi connectivity index (χ2v) is 4.14. The van der Waals surface area contributed by atoms with E-state index in [-0.39, 0.29) is 11.8 Å². The number of aromatic nitrogens is 1. The molecule has 1 aromatic rings. The Morgan fingerprint density at radius 1 is 1.73 bits per heavy atom. The Morgan fingerprint density at radius 3 is 3.07 bits per heavy atom. The van der Waals surface area contributed by atoms with Crippen molar-refractivity contribution in [3.05, 3.63) is 16.6 Å². The SMILES string of the molecule is CCCC(CN)C(=O)NCc1cscn1. The van der Waals surface area contributed by atoms with Gasteiger partial charge in [-0.05, 0) is 6.42 Å². The molecule has 1 unspecified atom stereocenters. The summed E-state index contributed by atoms with van der Waals surface area (Å²) in [7, 11) is 0. The predicted molar refractivity (Wildman–Crippen MR) is 61.4 cm³/mol. The average molecular weight is 227 g/mol. The number of hydrogen-bond donors (Lipinski definition) is 2. The monoisotopic (exact) mass is 227 g/mol. The van der Waals surface area contributed by atoms with Crippen molar-refractivity contribution in [3.63, 3.8) is 0 Å². The fraction of sp³-hybridized carbons (Fsp3) is 0.600. The lowest BCUT2D eigenvalue weighted by Gasteiger charge is -2.12. The molecule has 0 bridgehead atoms. The highest BCUT2D eigenvalue weighted by atomic mass is 32.1. The van der Waals surface area contributed by atoms with Crippen LogP contribution in [0.4, 0.5) is 0 Å². The van der Waals surface area contributed by atoms with E-state index in [0.717, 1.165) is 18.5 Å². The van der Waals surface area contributed by atoms with E-state index in [0.29, 0.717) is 13.1 Å². The first-order chi connectivity index (χ1) is 7.27. The van der Waals surface area contributed by atoms with E-state index in [9.17, 15) is 4.79 Å². The van der Waals surface area contributed by atoms with Gasteiger partial charge in [-0.15, -0.1) is 11.3 Å². The van der Waals surface area contributed by atoms with Crippen molar-refractivity contribution in [1.29, 1.82) is 0 Å². The Labute approximate surface area is 93.9 Å². The summed E-state index contributed by atoms with van der Waals surface area (Å²) in [6.45, 7) is 2.97. The molecule has 0 fully saturated rings. The van der Waals surface area contributed by atoms with Gasteiger partial charge in [0.05, 0.1) is 23.7 Å². The molecule has 1 atom stereocenters. The van der Waals surface area contributed by atoms with Crippen LogP contribution in [-0.4, -0.2) is 17.4 Å². The van der Waals surface area contributed by atoms with Crippen LogP contribution in [0.15, 0.2) is 10.9 Å². The van der Waals surface area contributed by atoms with Crippen LogP contribution in [0, 0.1) is 5.92 Å². The lowest BCUT2D eigenvalue weighted by Crippen LogP contribution is -2.34. The van der Waals surface area contributed by atoms with Gasteiger partial charge in [0.15, 0.2) is 0 Å². The number of carbonyl (C=O) groups is 1. The molecule has 3 N–H and O–H groups in total. The van der Waals surface area contributed by atoms with Crippen LogP contribution in [-0.2, 0) is 11.3 Å². The molecule has 1 heterocycles. The maximum Gasteiger partial charge on any atom is 0.224 e. The van der Waals surface area contributed by atoms with Gasteiger partial charge in [0, 0.05) is 11.9 Å². The van der Waals surface area contributed by atoms with Crippen LogP contribution in [0.5, 0.6) is 0 Å². The van der Waals surface area contributed by atoms with Gasteiger partial charge in [-0.25, -0.2) is 4.98 Å². The summed E-state index contributed by atoms with van der Waals surface area (Å²) in [5, 5.41) is 4.77. The number of carbonyl (C=O) groups excluding carboxylic acids is 1. The number of hydrogen-bond acceptors (Lipinski definition) is 4. The van der Waals surface area contributed by atoms with Crippen molar-refractivity contribution in [1.82, 2.24) is 10.3 Å². The fourth-order valence-corrected chi connectivity index (χ4v) is 1.91. The molecule has 0 spiro atoms. The highest BCUT2D eigenvalue weighted by Gasteiger charge is 2.15. The second kappa shape index (κ2) is 6.53. The third kappa shape index (κ3) is 3.97. The summed E-state index contributed by atoms with van der Waals surface area (Å²) in [4.78, 5) is 15.7. The maximum absolute atomic E-state index is 11.6. The van der Waals surface area contributed by atoms with Gasteiger partial charge in [0.25, 0.3) is 0 Å². The fourth-order valence-electron chi connectivity index (χ4n) is 1.35. The van der Waals surface area contributed by atoms with Crippen LogP contribution >= 0.6 is 11.3 Å². The molecule has 84 valence electrons. The van der Waals surface area contributed by atoms with Crippen molar-refractivity contribution in [2.75, 3.05) is 6.54 Å². The zero-order valence-electron chi connectivity index (χ0n) is 8.90. The lowest BCUT2D eigenvalue weighted by molar-refractivity contribution is -0.125. The summed E-state index contributed by atoms with van der Waals surface area (Å²) < 4.78 is 0. The topological polar surface area (TPSA) is 68.0 Å². The number of nitrogens with one attached hydrogen (secondary N) is 1. The van der Waals surface area contributed by atoms with Gasteiger partial charge in [0.1, 0.15) is 0 Å². The van der Waals surface area contributed by atoms with E-state index in [4.69, 9.17) is 5.73 Å². The van der Waals surface area contributed by atoms with Gasteiger partial charge in [-0.1, -0.05) is 13.3 Å². The summed E-state index contributed by atoms with van der Waals surface area (Å²) >= 11 is 1.53. The second-order valence-electron chi connectivity index (χ2n) is 3.42. The average Bonchev–Trinajstić information content (AvgIpc) is 2.75. The van der Waals surface area contributed by atoms with Gasteiger partial charge >= 0.3 is 0 Å². The molecule has 5 heteroatoms. The van der Waals surface area contributed by atoms with Crippen molar-refractivity contribution < 1.29 is 4.79 Å². The molecule has 1 rings (SSSR count). The Balaban J connectivity index is 2.34. The summed E-state index contributed by atoms with van der Waals surface area (Å²) in [5.41, 5.74) is 8.20. The van der Waals surface area contributed by atoms with E-state index in [1.807, 2.05) is 5.38 Å². The number of thiazole rings is 1. The first-order valence-electron chi connectivity index (χ1n) is 5.12. The smallest absolute Gasteiger partial charge is 0.224 e. The Kier molecular flexibility index (Phi) is 5.28. The molecule has 1 amide bonds. The van der Waals surface area contributed by atoms with Crippen molar-refractivity contribution in [2.45, 2.75) is 26.3 Å². The number of nitrogens with two attached hydrogens (primary N) is 1. The molecule has 1 aromatic heterocycles. The standard InChI is InChI=1S/C10H17N3OS/c1-2-3-8(4-11)10(14)12-5-9-6-15-7-13-9/h6-8H,2-5,11H2,1H3,(H,12,14). The van der Waals surface area contributed by atoms with E-state index in [2.05, 4.69) is 17.2 Å². The Bertz CT molecular complexity index is 287. The number of nitrogens with zero attached hydrogens (tertiary/aromatic N) is 1. The molecule has 0 saturated carbocycles. The number of amides is 1. The highest BCUT2D eigenvalue weighted by molar-refractivity contribution is 7.07. The summed E-state index contributed by atoms with van der Waals surface area (Å²) in [6, 6.07) is 0. The van der Waals surface area contributed by atoms with Crippen LogP contribution < -0.4 is 11.1 Å². The summed E-state index contributed by atoms with van der Waals surface area (Å²) in [6.07, 6.45) is 1.82. The van der Waals surface area contributed by atoms with Gasteiger partial charge < -0.3 is 11.1 Å². The normalized spacial score (nSPS) is 12.4. The van der Waals surface area contributed by atoms with E-state index in [1.165, 1.54) is 11.3 Å². The van der Waals surface area contributed by atoms with Gasteiger partial charge in [0.2, 0.25) is 5.91 Å². The molecule has 0 aromatic carbocycles. The third-order valence-corrected chi connectivity index (χ3v) is 2.85. The van der Waals surface area contributed by atoms with Crippen molar-refractivity contribution >= 4 is 17.2 Å². The Morgan fingerprint density at radius 2 is 2.53 bits per heavy atom. The van der Waals surface area contributed by atoms with E-state index < -0.39 is 0 Å². The van der Waals surface area contributed by atoms with Crippen LogP contribution in [0.25, 0.3) is 0 Å². The first-order valence-corrected chi connectivity index (χ1v) is 6.07. The van der Waals surface area contributed by atoms with Crippen LogP contribution in [0.3, 0.4) is 0 Å². The Hall–Kier alpha value is -0.940. The first kappa shape index (κ1) is 12.1. The molecule has 4 nitrogen and oxygen atoms in total. The molecule has 0 saturated heterocycles. The van der Waals surface area contributed by atoms with Gasteiger partial charge in [-0.3, -0.25) is 4.79 Å². The number of rotatable bonds is 6. The largest absolute Gasteiger partial charge is 0.350 e. The highest BCUT2D eigenvalue weighted by Crippen LogP contribution is 2.05. The molecule has 15 heavy (non-hydrogen) atoms. The van der Waals surface area contributed by atoms with Gasteiger partial charge in [-0.2, -0.15) is 0 Å². The molecular formula is C10H17N3OS. The third-order valence-electron chi connectivity index (χ3n) is 2.22. The minimum atomic E-state index is -0.0614. The molecular weight excluding hydrogens is 210 g/mol. The minimum absolute atomic E-state index is 0.0346. The lowest BCUT2D eigenvalue weighted by atomic mass is 10.0. The quantitative estimate of drug-likeness (QED) is 0.765. The van der Waals surface area contributed by atoms with Crippen LogP contribution in [0.1, 0.15) is 25.5 Å². The van der Waals surface area contributed by atoms with Crippen LogP contribution in [0.2, 0.25) is 0 Å². The zero-order chi connectivity index (χ0) is 11.1. The molecule has 0 aliphatic rings. The van der Waals surface area contributed by atoms with Crippen molar-refractivity contribution in [3.8, 4) is 0 Å². The summed E-state index contributed by atoms with van der Waals surface area (Å²) in [5.74, 6) is -0.0269. The van der Waals surface area contributed by atoms with Crippen molar-refractivity contribution in [2.24, 2.45) is 11.7 Å². The van der Waals surface area contributed by atoms with E-state index in [1.54, 1.807) is 5.51 Å².